The van der Waals surface area contributed by atoms with Crippen molar-refractivity contribution in [1.29, 1.82) is 0 Å². The Morgan fingerprint density at radius 3 is 1.75 bits per heavy atom. The van der Waals surface area contributed by atoms with Crippen molar-refractivity contribution in [3.05, 3.63) is 0 Å². The zero-order valence-electron chi connectivity index (χ0n) is 9.01. The Labute approximate surface area is 77.2 Å². The number of rotatable bonds is 1. The summed E-state index contributed by atoms with van der Waals surface area (Å²) < 4.78 is 0. The van der Waals surface area contributed by atoms with E-state index >= 15 is 0 Å². The van der Waals surface area contributed by atoms with Crippen molar-refractivity contribution in [3.8, 4) is 0 Å². The molecule has 0 aromatic heterocycles. The normalized spacial score (nSPS) is 35.2. The highest BCUT2D eigenvalue weighted by molar-refractivity contribution is 4.76. The van der Waals surface area contributed by atoms with E-state index in [2.05, 4.69) is 13.8 Å². The van der Waals surface area contributed by atoms with E-state index in [0.29, 0.717) is 12.5 Å². The Morgan fingerprint density at radius 1 is 1.08 bits per heavy atom. The average Bonchev–Trinajstić information content (AvgIpc) is 2.08. The third-order valence-electron chi connectivity index (χ3n) is 2.99. The van der Waals surface area contributed by atoms with Crippen LogP contribution >= 0.6 is 0 Å². The summed E-state index contributed by atoms with van der Waals surface area (Å²) in [7, 11) is 0. The number of hydrogen-bond donors (Lipinski definition) is 1. The predicted molar refractivity (Wildman–Crippen MR) is 54.1 cm³/mol. The van der Waals surface area contributed by atoms with Gasteiger partial charge in [-0.1, -0.05) is 47.0 Å². The molecule has 0 aliphatic heterocycles. The molecule has 0 aromatic carbocycles. The Hall–Kier alpha value is -0.0400. The van der Waals surface area contributed by atoms with Crippen LogP contribution < -0.4 is 0 Å². The molecular formula is C11H24O. The van der Waals surface area contributed by atoms with Crippen molar-refractivity contribution in [3.63, 3.8) is 0 Å². The lowest BCUT2D eigenvalue weighted by Crippen LogP contribution is -2.27. The predicted octanol–water partition coefficient (Wildman–Crippen LogP) is 3.08. The average molecular weight is 172 g/mol. The van der Waals surface area contributed by atoms with Gasteiger partial charge in [-0.2, -0.15) is 0 Å². The molecule has 1 nitrogen and oxygen atoms in total. The molecule has 0 radical (unpaired) electrons. The van der Waals surface area contributed by atoms with E-state index in [9.17, 15) is 0 Å². The van der Waals surface area contributed by atoms with Gasteiger partial charge >= 0.3 is 0 Å². The van der Waals surface area contributed by atoms with Gasteiger partial charge < -0.3 is 5.11 Å². The van der Waals surface area contributed by atoms with Gasteiger partial charge in [-0.25, -0.2) is 0 Å². The molecule has 0 bridgehead atoms. The van der Waals surface area contributed by atoms with Gasteiger partial charge in [0.1, 0.15) is 0 Å². The summed E-state index contributed by atoms with van der Waals surface area (Å²) in [6, 6.07) is 0. The van der Waals surface area contributed by atoms with Crippen LogP contribution in [0, 0.1) is 17.8 Å². The van der Waals surface area contributed by atoms with Gasteiger partial charge in [0, 0.05) is 6.61 Å². The molecule has 1 fully saturated rings. The van der Waals surface area contributed by atoms with Crippen LogP contribution in [0.25, 0.3) is 0 Å². The quantitative estimate of drug-likeness (QED) is 0.644. The van der Waals surface area contributed by atoms with Crippen molar-refractivity contribution < 1.29 is 5.11 Å². The van der Waals surface area contributed by atoms with Gasteiger partial charge in [-0.05, 0) is 17.8 Å². The summed E-state index contributed by atoms with van der Waals surface area (Å²) in [5.41, 5.74) is 0. The summed E-state index contributed by atoms with van der Waals surface area (Å²) in [4.78, 5) is 0. The first-order valence-electron chi connectivity index (χ1n) is 5.36. The van der Waals surface area contributed by atoms with Crippen LogP contribution in [0.5, 0.6) is 0 Å². The van der Waals surface area contributed by atoms with Crippen LogP contribution in [0.1, 0.15) is 47.0 Å². The highest BCUT2D eigenvalue weighted by Gasteiger charge is 2.26. The molecule has 12 heavy (non-hydrogen) atoms. The van der Waals surface area contributed by atoms with E-state index in [1.807, 2.05) is 13.8 Å². The molecule has 0 heterocycles. The molecular weight excluding hydrogens is 148 g/mol. The maximum Gasteiger partial charge on any atom is 0.0464 e. The van der Waals surface area contributed by atoms with Crippen LogP contribution in [-0.2, 0) is 0 Å². The molecule has 0 amide bonds. The van der Waals surface area contributed by atoms with Gasteiger partial charge in [0.15, 0.2) is 0 Å². The molecule has 1 heteroatoms. The zero-order chi connectivity index (χ0) is 9.56. The Bertz CT molecular complexity index is 91.2. The van der Waals surface area contributed by atoms with Crippen molar-refractivity contribution in [2.75, 3.05) is 6.61 Å². The minimum atomic E-state index is 0.391. The molecule has 1 aliphatic carbocycles. The highest BCUT2D eigenvalue weighted by atomic mass is 16.3. The molecule has 1 N–H and O–H groups in total. The summed E-state index contributed by atoms with van der Waals surface area (Å²) in [6.45, 7) is 8.91. The Kier molecular flexibility index (Phi) is 6.45. The Morgan fingerprint density at radius 2 is 1.50 bits per heavy atom. The number of aliphatic hydroxyl groups excluding tert-OH is 1. The summed E-state index contributed by atoms with van der Waals surface area (Å²) >= 11 is 0. The lowest BCUT2D eigenvalue weighted by molar-refractivity contribution is 0.0980. The molecule has 2 unspecified atom stereocenters. The maximum absolute atomic E-state index is 9.03. The van der Waals surface area contributed by atoms with Crippen molar-refractivity contribution in [2.45, 2.75) is 47.0 Å². The van der Waals surface area contributed by atoms with E-state index in [-0.39, 0.29) is 0 Å². The lowest BCUT2D eigenvalue weighted by atomic mass is 9.74. The Balaban J connectivity index is 0.000000561. The van der Waals surface area contributed by atoms with Crippen LogP contribution in [0.4, 0.5) is 0 Å². The smallest absolute Gasteiger partial charge is 0.0464 e. The van der Waals surface area contributed by atoms with Crippen LogP contribution in [-0.4, -0.2) is 11.7 Å². The molecule has 2 atom stereocenters. The van der Waals surface area contributed by atoms with Crippen LogP contribution in [0.15, 0.2) is 0 Å². The SMILES string of the molecule is CC.CC1CCCC(C)C1CO. The fourth-order valence-corrected chi connectivity index (χ4v) is 2.11. The highest BCUT2D eigenvalue weighted by Crippen LogP contribution is 2.33. The molecule has 0 spiro atoms. The monoisotopic (exact) mass is 172 g/mol. The molecule has 1 aliphatic rings. The standard InChI is InChI=1S/C9H18O.C2H6/c1-7-4-3-5-8(2)9(7)6-10;1-2/h7-10H,3-6H2,1-2H3;1-2H3. The van der Waals surface area contributed by atoms with Gasteiger partial charge in [0.05, 0.1) is 0 Å². The molecule has 0 saturated heterocycles. The third-order valence-corrected chi connectivity index (χ3v) is 2.99. The van der Waals surface area contributed by atoms with E-state index < -0.39 is 0 Å². The first kappa shape index (κ1) is 12.0. The topological polar surface area (TPSA) is 20.2 Å². The van der Waals surface area contributed by atoms with E-state index in [1.165, 1.54) is 19.3 Å². The summed E-state index contributed by atoms with van der Waals surface area (Å²) in [5.74, 6) is 2.07. The van der Waals surface area contributed by atoms with Gasteiger partial charge in [-0.3, -0.25) is 0 Å². The van der Waals surface area contributed by atoms with Gasteiger partial charge in [0.2, 0.25) is 0 Å². The second-order valence-electron chi connectivity index (χ2n) is 3.73. The number of aliphatic hydroxyl groups is 1. The van der Waals surface area contributed by atoms with Gasteiger partial charge in [-0.15, -0.1) is 0 Å². The fraction of sp³-hybridized carbons (Fsp3) is 1.00. The summed E-state index contributed by atoms with van der Waals surface area (Å²) in [6.07, 6.45) is 3.99. The van der Waals surface area contributed by atoms with Crippen molar-refractivity contribution in [2.24, 2.45) is 17.8 Å². The first-order valence-corrected chi connectivity index (χ1v) is 5.36. The van der Waals surface area contributed by atoms with E-state index in [0.717, 1.165) is 11.8 Å². The summed E-state index contributed by atoms with van der Waals surface area (Å²) in [5, 5.41) is 9.03. The molecule has 1 rings (SSSR count). The number of hydrogen-bond acceptors (Lipinski definition) is 1. The van der Waals surface area contributed by atoms with Crippen molar-refractivity contribution >= 4 is 0 Å². The van der Waals surface area contributed by atoms with Crippen molar-refractivity contribution in [1.82, 2.24) is 0 Å². The molecule has 0 aromatic rings. The second-order valence-corrected chi connectivity index (χ2v) is 3.73. The zero-order valence-corrected chi connectivity index (χ0v) is 9.01. The molecule has 74 valence electrons. The van der Waals surface area contributed by atoms with E-state index in [1.54, 1.807) is 0 Å². The fourth-order valence-electron chi connectivity index (χ4n) is 2.11. The largest absolute Gasteiger partial charge is 0.396 e. The minimum Gasteiger partial charge on any atom is -0.396 e. The second kappa shape index (κ2) is 6.47. The molecule has 1 saturated carbocycles. The minimum absolute atomic E-state index is 0.391. The third kappa shape index (κ3) is 3.14. The van der Waals surface area contributed by atoms with Gasteiger partial charge in [0.25, 0.3) is 0 Å². The van der Waals surface area contributed by atoms with Crippen LogP contribution in [0.3, 0.4) is 0 Å². The first-order chi connectivity index (χ1) is 5.75. The maximum atomic E-state index is 9.03. The van der Waals surface area contributed by atoms with E-state index in [4.69, 9.17) is 5.11 Å². The van der Waals surface area contributed by atoms with Crippen LogP contribution in [0.2, 0.25) is 0 Å². The lowest BCUT2D eigenvalue weighted by Gasteiger charge is -2.32.